The first-order valence-corrected chi connectivity index (χ1v) is 7.83. The van der Waals surface area contributed by atoms with Crippen molar-refractivity contribution in [3.8, 4) is 5.75 Å². The number of hydrogen-bond donors (Lipinski definition) is 0. The Hall–Kier alpha value is -2.54. The molecule has 3 aromatic rings. The van der Waals surface area contributed by atoms with E-state index >= 15 is 0 Å². The standard InChI is InChI=1S/C15H14N4O2S/c1-22-15-18-17-14(11-21-12-6-3-2-4-7-12)19(15)16-10-13-8-5-9-20-13/h2-10H,11H2,1H3/b16-10-. The lowest BCUT2D eigenvalue weighted by molar-refractivity contribution is 0.290. The van der Waals surface area contributed by atoms with E-state index in [2.05, 4.69) is 15.3 Å². The normalized spacial score (nSPS) is 11.1. The summed E-state index contributed by atoms with van der Waals surface area (Å²) >= 11 is 1.46. The summed E-state index contributed by atoms with van der Waals surface area (Å²) in [6.45, 7) is 0.285. The Bertz CT molecular complexity index is 738. The van der Waals surface area contributed by atoms with Crippen LogP contribution in [-0.4, -0.2) is 27.3 Å². The van der Waals surface area contributed by atoms with Crippen LogP contribution in [0.4, 0.5) is 0 Å². The van der Waals surface area contributed by atoms with Crippen molar-refractivity contribution in [2.24, 2.45) is 5.10 Å². The molecule has 0 aliphatic carbocycles. The minimum atomic E-state index is 0.285. The van der Waals surface area contributed by atoms with Gasteiger partial charge in [-0.15, -0.1) is 10.2 Å². The van der Waals surface area contributed by atoms with Crippen molar-refractivity contribution in [3.05, 3.63) is 60.3 Å². The van der Waals surface area contributed by atoms with Crippen LogP contribution in [0, 0.1) is 0 Å². The van der Waals surface area contributed by atoms with Gasteiger partial charge < -0.3 is 9.15 Å². The van der Waals surface area contributed by atoms with E-state index in [9.17, 15) is 0 Å². The molecule has 0 aliphatic rings. The topological polar surface area (TPSA) is 65.4 Å². The van der Waals surface area contributed by atoms with E-state index in [1.807, 2.05) is 48.7 Å². The van der Waals surface area contributed by atoms with Gasteiger partial charge in [0, 0.05) is 0 Å². The molecule has 0 saturated carbocycles. The molecule has 3 rings (SSSR count). The highest BCUT2D eigenvalue weighted by Gasteiger charge is 2.11. The Kier molecular flexibility index (Phi) is 4.55. The van der Waals surface area contributed by atoms with Crippen LogP contribution in [0.15, 0.2) is 63.4 Å². The van der Waals surface area contributed by atoms with Crippen molar-refractivity contribution < 1.29 is 9.15 Å². The van der Waals surface area contributed by atoms with Gasteiger partial charge in [-0.1, -0.05) is 30.0 Å². The fourth-order valence-electron chi connectivity index (χ4n) is 1.77. The van der Waals surface area contributed by atoms with Gasteiger partial charge in [-0.2, -0.15) is 9.78 Å². The van der Waals surface area contributed by atoms with Gasteiger partial charge in [0.2, 0.25) is 5.16 Å². The van der Waals surface area contributed by atoms with Gasteiger partial charge in [0.1, 0.15) is 18.1 Å². The Morgan fingerprint density at radius 2 is 2.09 bits per heavy atom. The molecule has 7 heteroatoms. The van der Waals surface area contributed by atoms with Crippen LogP contribution >= 0.6 is 11.8 Å². The quantitative estimate of drug-likeness (QED) is 0.517. The lowest BCUT2D eigenvalue weighted by atomic mass is 10.3. The largest absolute Gasteiger partial charge is 0.486 e. The summed E-state index contributed by atoms with van der Waals surface area (Å²) in [5.74, 6) is 2.06. The average Bonchev–Trinajstić information content (AvgIpc) is 3.21. The zero-order valence-electron chi connectivity index (χ0n) is 11.9. The number of hydrogen-bond acceptors (Lipinski definition) is 6. The monoisotopic (exact) mass is 314 g/mol. The molecule has 0 radical (unpaired) electrons. The van der Waals surface area contributed by atoms with Gasteiger partial charge in [0.15, 0.2) is 5.82 Å². The highest BCUT2D eigenvalue weighted by Crippen LogP contribution is 2.16. The second-order valence-corrected chi connectivity index (χ2v) is 5.05. The van der Waals surface area contributed by atoms with E-state index in [0.29, 0.717) is 16.7 Å². The molecule has 6 nitrogen and oxygen atoms in total. The third kappa shape index (κ3) is 3.37. The van der Waals surface area contributed by atoms with E-state index in [1.165, 1.54) is 11.8 Å². The first-order valence-electron chi connectivity index (χ1n) is 6.61. The number of aromatic nitrogens is 3. The maximum Gasteiger partial charge on any atom is 0.211 e. The van der Waals surface area contributed by atoms with Crippen molar-refractivity contribution >= 4 is 18.0 Å². The van der Waals surface area contributed by atoms with E-state index in [0.717, 1.165) is 5.75 Å². The van der Waals surface area contributed by atoms with Gasteiger partial charge in [-0.3, -0.25) is 0 Å². The SMILES string of the molecule is CSc1nnc(COc2ccccc2)n1/N=C\c1ccco1. The molecule has 0 atom stereocenters. The minimum Gasteiger partial charge on any atom is -0.486 e. The summed E-state index contributed by atoms with van der Waals surface area (Å²) in [6.07, 6.45) is 5.14. The van der Waals surface area contributed by atoms with Crippen molar-refractivity contribution in [2.45, 2.75) is 11.8 Å². The second-order valence-electron chi connectivity index (χ2n) is 4.28. The van der Waals surface area contributed by atoms with Crippen LogP contribution in [0.2, 0.25) is 0 Å². The van der Waals surface area contributed by atoms with E-state index < -0.39 is 0 Å². The minimum absolute atomic E-state index is 0.285. The van der Waals surface area contributed by atoms with Crippen LogP contribution in [0.25, 0.3) is 0 Å². The molecule has 0 bridgehead atoms. The Balaban J connectivity index is 1.78. The summed E-state index contributed by atoms with van der Waals surface area (Å²) in [4.78, 5) is 0. The Labute approximate surface area is 131 Å². The van der Waals surface area contributed by atoms with E-state index in [-0.39, 0.29) is 6.61 Å². The molecule has 0 unspecified atom stereocenters. The molecule has 0 fully saturated rings. The van der Waals surface area contributed by atoms with Gasteiger partial charge in [0.05, 0.1) is 12.5 Å². The van der Waals surface area contributed by atoms with Crippen molar-refractivity contribution in [1.29, 1.82) is 0 Å². The molecule has 0 amide bonds. The van der Waals surface area contributed by atoms with Gasteiger partial charge >= 0.3 is 0 Å². The molecule has 112 valence electrons. The summed E-state index contributed by atoms with van der Waals surface area (Å²) < 4.78 is 12.6. The Morgan fingerprint density at radius 3 is 2.82 bits per heavy atom. The van der Waals surface area contributed by atoms with E-state index in [1.54, 1.807) is 17.2 Å². The number of nitrogens with zero attached hydrogens (tertiary/aromatic N) is 4. The summed E-state index contributed by atoms with van der Waals surface area (Å²) in [5.41, 5.74) is 0. The molecule has 0 spiro atoms. The number of furan rings is 1. The molecule has 22 heavy (non-hydrogen) atoms. The molecular formula is C15H14N4O2S. The maximum absolute atomic E-state index is 5.70. The number of para-hydroxylation sites is 1. The van der Waals surface area contributed by atoms with Crippen LogP contribution in [0.1, 0.15) is 11.6 Å². The fourth-order valence-corrected chi connectivity index (χ4v) is 2.22. The molecule has 0 aliphatic heterocycles. The smallest absolute Gasteiger partial charge is 0.211 e. The fraction of sp³-hybridized carbons (Fsp3) is 0.133. The van der Waals surface area contributed by atoms with Crippen molar-refractivity contribution in [1.82, 2.24) is 14.9 Å². The first-order chi connectivity index (χ1) is 10.9. The van der Waals surface area contributed by atoms with Crippen LogP contribution < -0.4 is 4.74 Å². The number of thioether (sulfide) groups is 1. The number of rotatable bonds is 6. The van der Waals surface area contributed by atoms with Gasteiger partial charge in [-0.05, 0) is 30.5 Å². The number of benzene rings is 1. The zero-order chi connectivity index (χ0) is 15.2. The molecule has 1 aromatic carbocycles. The van der Waals surface area contributed by atoms with Gasteiger partial charge in [0.25, 0.3) is 0 Å². The van der Waals surface area contributed by atoms with Gasteiger partial charge in [-0.25, -0.2) is 0 Å². The summed E-state index contributed by atoms with van der Waals surface area (Å²) in [7, 11) is 0. The van der Waals surface area contributed by atoms with Crippen molar-refractivity contribution in [2.75, 3.05) is 6.26 Å². The van der Waals surface area contributed by atoms with Crippen LogP contribution in [-0.2, 0) is 6.61 Å². The predicted molar refractivity (Wildman–Crippen MR) is 84.3 cm³/mol. The third-order valence-electron chi connectivity index (χ3n) is 2.81. The molecule has 2 heterocycles. The number of ether oxygens (including phenoxy) is 1. The molecule has 0 saturated heterocycles. The van der Waals surface area contributed by atoms with E-state index in [4.69, 9.17) is 9.15 Å². The highest BCUT2D eigenvalue weighted by atomic mass is 32.2. The zero-order valence-corrected chi connectivity index (χ0v) is 12.7. The summed E-state index contributed by atoms with van der Waals surface area (Å²) in [5, 5.41) is 13.3. The lowest BCUT2D eigenvalue weighted by Gasteiger charge is -2.05. The Morgan fingerprint density at radius 1 is 1.23 bits per heavy atom. The summed E-state index contributed by atoms with van der Waals surface area (Å²) in [6, 6.07) is 13.2. The predicted octanol–water partition coefficient (Wildman–Crippen LogP) is 3.05. The van der Waals surface area contributed by atoms with Crippen molar-refractivity contribution in [3.63, 3.8) is 0 Å². The molecule has 0 N–H and O–H groups in total. The molecule has 2 aromatic heterocycles. The van der Waals surface area contributed by atoms with Crippen LogP contribution in [0.3, 0.4) is 0 Å². The molecular weight excluding hydrogens is 300 g/mol. The third-order valence-corrected chi connectivity index (χ3v) is 3.43. The lowest BCUT2D eigenvalue weighted by Crippen LogP contribution is -2.04. The average molecular weight is 314 g/mol. The first kappa shape index (κ1) is 14.4. The maximum atomic E-state index is 5.70. The highest BCUT2D eigenvalue weighted by molar-refractivity contribution is 7.98. The van der Waals surface area contributed by atoms with Crippen LogP contribution in [0.5, 0.6) is 5.75 Å². The second kappa shape index (κ2) is 6.95.